The zero-order valence-electron chi connectivity index (χ0n) is 16.5. The third kappa shape index (κ3) is 5.66. The molecule has 0 bridgehead atoms. The molecule has 1 aromatic carbocycles. The molecule has 2 amide bonds. The summed E-state index contributed by atoms with van der Waals surface area (Å²) in [4.78, 5) is 26.2. The molecule has 0 saturated carbocycles. The first-order valence-electron chi connectivity index (χ1n) is 10.0. The van der Waals surface area contributed by atoms with E-state index in [2.05, 4.69) is 20.6 Å². The van der Waals surface area contributed by atoms with Crippen molar-refractivity contribution in [3.8, 4) is 5.69 Å². The molecule has 28 heavy (non-hydrogen) atoms. The summed E-state index contributed by atoms with van der Waals surface area (Å²) in [6.07, 6.45) is 8.39. The zero-order chi connectivity index (χ0) is 19.8. The van der Waals surface area contributed by atoms with Crippen molar-refractivity contribution in [1.29, 1.82) is 0 Å². The summed E-state index contributed by atoms with van der Waals surface area (Å²) in [5.74, 6) is -0.176. The second kappa shape index (κ2) is 10.0. The van der Waals surface area contributed by atoms with Gasteiger partial charge in [0, 0.05) is 31.8 Å². The lowest BCUT2D eigenvalue weighted by molar-refractivity contribution is -0.119. The van der Waals surface area contributed by atoms with E-state index in [1.165, 1.54) is 39.3 Å². The lowest BCUT2D eigenvalue weighted by Gasteiger charge is -2.26. The summed E-state index contributed by atoms with van der Waals surface area (Å²) in [5, 5.41) is 10.1. The molecule has 2 aromatic rings. The van der Waals surface area contributed by atoms with Gasteiger partial charge in [0.1, 0.15) is 0 Å². The van der Waals surface area contributed by atoms with Crippen LogP contribution in [-0.2, 0) is 11.3 Å². The van der Waals surface area contributed by atoms with Crippen molar-refractivity contribution in [3.05, 3.63) is 47.8 Å². The van der Waals surface area contributed by atoms with Gasteiger partial charge in [-0.2, -0.15) is 5.10 Å². The van der Waals surface area contributed by atoms with E-state index in [0.717, 1.165) is 24.2 Å². The van der Waals surface area contributed by atoms with Crippen molar-refractivity contribution < 1.29 is 9.59 Å². The van der Waals surface area contributed by atoms with Crippen LogP contribution in [0.1, 0.15) is 48.5 Å². The molecule has 0 radical (unpaired) electrons. The number of carbonyl (C=O) groups excluding carboxylic acids is 2. The maximum atomic E-state index is 12.7. The standard InChI is InChI=1S/C21H29N5O2/c1-17(27)23-14-18-15-24-26(16-18)20-9-4-3-8-19(20)21(28)22-10-7-13-25-11-5-2-6-12-25/h3-4,8-9,15-16H,2,5-7,10-14H2,1H3,(H,22,28)(H,23,27). The molecule has 0 unspecified atom stereocenters. The number of nitrogens with one attached hydrogen (secondary N) is 2. The quantitative estimate of drug-likeness (QED) is 0.685. The highest BCUT2D eigenvalue weighted by Crippen LogP contribution is 2.15. The van der Waals surface area contributed by atoms with Gasteiger partial charge in [0.15, 0.2) is 0 Å². The van der Waals surface area contributed by atoms with E-state index in [1.54, 1.807) is 10.9 Å². The molecule has 3 rings (SSSR count). The fourth-order valence-corrected chi connectivity index (χ4v) is 3.46. The van der Waals surface area contributed by atoms with Crippen LogP contribution in [-0.4, -0.2) is 52.7 Å². The first-order valence-corrected chi connectivity index (χ1v) is 10.0. The summed E-state index contributed by atoms with van der Waals surface area (Å²) in [6.45, 7) is 5.95. The molecule has 7 heteroatoms. The molecule has 1 aliphatic heterocycles. The van der Waals surface area contributed by atoms with Gasteiger partial charge >= 0.3 is 0 Å². The Morgan fingerprint density at radius 1 is 1.11 bits per heavy atom. The van der Waals surface area contributed by atoms with E-state index in [-0.39, 0.29) is 11.8 Å². The molecular formula is C21H29N5O2. The van der Waals surface area contributed by atoms with Crippen LogP contribution in [0.25, 0.3) is 5.69 Å². The number of aromatic nitrogens is 2. The summed E-state index contributed by atoms with van der Waals surface area (Å²) >= 11 is 0. The number of hydrogen-bond acceptors (Lipinski definition) is 4. The molecular weight excluding hydrogens is 354 g/mol. The molecule has 150 valence electrons. The predicted molar refractivity (Wildman–Crippen MR) is 108 cm³/mol. The number of hydrogen-bond donors (Lipinski definition) is 2. The van der Waals surface area contributed by atoms with Crippen molar-refractivity contribution in [2.45, 2.75) is 39.2 Å². The van der Waals surface area contributed by atoms with Crippen molar-refractivity contribution in [1.82, 2.24) is 25.3 Å². The predicted octanol–water partition coefficient (Wildman–Crippen LogP) is 2.11. The van der Waals surface area contributed by atoms with E-state index >= 15 is 0 Å². The van der Waals surface area contributed by atoms with Gasteiger partial charge in [-0.15, -0.1) is 0 Å². The normalized spacial score (nSPS) is 14.6. The zero-order valence-corrected chi connectivity index (χ0v) is 16.5. The van der Waals surface area contributed by atoms with Crippen LogP contribution in [0.5, 0.6) is 0 Å². The molecule has 0 aliphatic carbocycles. The van der Waals surface area contributed by atoms with Gasteiger partial charge in [0.05, 0.1) is 17.4 Å². The van der Waals surface area contributed by atoms with E-state index in [0.29, 0.717) is 18.7 Å². The third-order valence-corrected chi connectivity index (χ3v) is 4.96. The number of carbonyl (C=O) groups is 2. The van der Waals surface area contributed by atoms with Gasteiger partial charge in [-0.25, -0.2) is 4.68 Å². The molecule has 1 fully saturated rings. The topological polar surface area (TPSA) is 79.3 Å². The summed E-state index contributed by atoms with van der Waals surface area (Å²) in [7, 11) is 0. The van der Waals surface area contributed by atoms with E-state index in [9.17, 15) is 9.59 Å². The van der Waals surface area contributed by atoms with Crippen molar-refractivity contribution >= 4 is 11.8 Å². The minimum absolute atomic E-state index is 0.0860. The van der Waals surface area contributed by atoms with E-state index in [1.807, 2.05) is 30.5 Å². The van der Waals surface area contributed by atoms with Gasteiger partial charge in [-0.3, -0.25) is 9.59 Å². The lowest BCUT2D eigenvalue weighted by Crippen LogP contribution is -2.33. The Morgan fingerprint density at radius 3 is 2.68 bits per heavy atom. The Morgan fingerprint density at radius 2 is 1.89 bits per heavy atom. The monoisotopic (exact) mass is 383 g/mol. The second-order valence-electron chi connectivity index (χ2n) is 7.23. The van der Waals surface area contributed by atoms with E-state index < -0.39 is 0 Å². The van der Waals surface area contributed by atoms with E-state index in [4.69, 9.17) is 0 Å². The molecule has 2 N–H and O–H groups in total. The van der Waals surface area contributed by atoms with Crippen LogP contribution < -0.4 is 10.6 Å². The van der Waals surface area contributed by atoms with Gasteiger partial charge in [-0.05, 0) is 51.0 Å². The van der Waals surface area contributed by atoms with Gasteiger partial charge in [0.25, 0.3) is 5.91 Å². The van der Waals surface area contributed by atoms with Crippen LogP contribution in [0.15, 0.2) is 36.7 Å². The molecule has 1 aliphatic rings. The minimum Gasteiger partial charge on any atom is -0.352 e. The Bertz CT molecular complexity index is 796. The van der Waals surface area contributed by atoms with Gasteiger partial charge in [-0.1, -0.05) is 18.6 Å². The number of rotatable bonds is 8. The Hall–Kier alpha value is -2.67. The minimum atomic E-state index is -0.0897. The Balaban J connectivity index is 1.56. The first kappa shape index (κ1) is 20.1. The number of amides is 2. The number of benzene rings is 1. The first-order chi connectivity index (χ1) is 13.6. The summed E-state index contributed by atoms with van der Waals surface area (Å²) < 4.78 is 1.68. The van der Waals surface area contributed by atoms with Crippen LogP contribution in [0.4, 0.5) is 0 Å². The molecule has 1 aromatic heterocycles. The highest BCUT2D eigenvalue weighted by molar-refractivity contribution is 5.97. The van der Waals surface area contributed by atoms with Gasteiger partial charge in [0.2, 0.25) is 5.91 Å². The SMILES string of the molecule is CC(=O)NCc1cnn(-c2ccccc2C(=O)NCCCN2CCCCC2)c1. The van der Waals surface area contributed by atoms with Crippen LogP contribution >= 0.6 is 0 Å². The molecule has 0 spiro atoms. The number of nitrogens with zero attached hydrogens (tertiary/aromatic N) is 3. The Labute approximate surface area is 166 Å². The van der Waals surface area contributed by atoms with Crippen LogP contribution in [0.2, 0.25) is 0 Å². The molecule has 2 heterocycles. The second-order valence-corrected chi connectivity index (χ2v) is 7.23. The average molecular weight is 383 g/mol. The Kier molecular flexibility index (Phi) is 7.19. The maximum absolute atomic E-state index is 12.7. The smallest absolute Gasteiger partial charge is 0.253 e. The number of likely N-dealkylation sites (tertiary alicyclic amines) is 1. The molecule has 0 atom stereocenters. The fraction of sp³-hybridized carbons (Fsp3) is 0.476. The lowest BCUT2D eigenvalue weighted by atomic mass is 10.1. The van der Waals surface area contributed by atoms with Crippen LogP contribution in [0, 0.1) is 0 Å². The maximum Gasteiger partial charge on any atom is 0.253 e. The number of para-hydroxylation sites is 1. The fourth-order valence-electron chi connectivity index (χ4n) is 3.46. The van der Waals surface area contributed by atoms with Crippen LogP contribution in [0.3, 0.4) is 0 Å². The summed E-state index contributed by atoms with van der Waals surface area (Å²) in [5.41, 5.74) is 2.20. The summed E-state index contributed by atoms with van der Waals surface area (Å²) in [6, 6.07) is 7.42. The van der Waals surface area contributed by atoms with Crippen molar-refractivity contribution in [3.63, 3.8) is 0 Å². The van der Waals surface area contributed by atoms with Crippen molar-refractivity contribution in [2.75, 3.05) is 26.2 Å². The largest absolute Gasteiger partial charge is 0.352 e. The molecule has 1 saturated heterocycles. The highest BCUT2D eigenvalue weighted by Gasteiger charge is 2.14. The van der Waals surface area contributed by atoms with Gasteiger partial charge < -0.3 is 15.5 Å². The van der Waals surface area contributed by atoms with Crippen molar-refractivity contribution in [2.24, 2.45) is 0 Å². The number of piperidine rings is 1. The third-order valence-electron chi connectivity index (χ3n) is 4.96. The average Bonchev–Trinajstić information content (AvgIpc) is 3.19. The molecule has 7 nitrogen and oxygen atoms in total. The highest BCUT2D eigenvalue weighted by atomic mass is 16.2.